The lowest BCUT2D eigenvalue weighted by Crippen LogP contribution is -2.27. The average Bonchev–Trinajstić information content (AvgIpc) is 2.85. The Balaban J connectivity index is 1.72. The Kier molecular flexibility index (Phi) is 3.52. The molecule has 108 valence electrons. The zero-order valence-electron chi connectivity index (χ0n) is 12.0. The number of benzene rings is 2. The van der Waals surface area contributed by atoms with Crippen LogP contribution in [0, 0.1) is 6.92 Å². The minimum atomic E-state index is -0.0154. The fourth-order valence-corrected chi connectivity index (χ4v) is 2.66. The molecule has 4 nitrogen and oxygen atoms in total. The van der Waals surface area contributed by atoms with Gasteiger partial charge in [0.1, 0.15) is 0 Å². The van der Waals surface area contributed by atoms with Crippen molar-refractivity contribution in [3.05, 3.63) is 65.2 Å². The summed E-state index contributed by atoms with van der Waals surface area (Å²) >= 11 is 0. The van der Waals surface area contributed by atoms with E-state index < -0.39 is 0 Å². The largest absolute Gasteiger partial charge is 0.399 e. The smallest absolute Gasteiger partial charge is 0.318 e. The number of urea groups is 1. The predicted molar refractivity (Wildman–Crippen MR) is 83.7 cm³/mol. The number of hydrogen-bond donors (Lipinski definition) is 2. The lowest BCUT2D eigenvalue weighted by molar-refractivity contribution is 0.215. The molecule has 2 amide bonds. The van der Waals surface area contributed by atoms with E-state index in [1.54, 1.807) is 0 Å². The summed E-state index contributed by atoms with van der Waals surface area (Å²) in [4.78, 5) is 13.9. The number of rotatable bonds is 3. The third kappa shape index (κ3) is 2.84. The number of nitrogens with one attached hydrogen (secondary N) is 1. The second-order valence-corrected chi connectivity index (χ2v) is 5.48. The molecular weight excluding hydrogens is 262 g/mol. The Bertz CT molecular complexity index is 654. The lowest BCUT2D eigenvalue weighted by Gasteiger charge is -2.15. The normalized spacial score (nSPS) is 17.9. The Morgan fingerprint density at radius 3 is 2.71 bits per heavy atom. The van der Waals surface area contributed by atoms with Crippen molar-refractivity contribution in [3.63, 3.8) is 0 Å². The first-order valence-electron chi connectivity index (χ1n) is 7.09. The highest BCUT2D eigenvalue weighted by Gasteiger charge is 2.29. The standard InChI is InChI=1S/C17H19N3O/c1-12-9-13(7-8-15(12)18)10-20-11-16(19-17(20)21)14-5-3-2-4-6-14/h2-9,16H,10-11,18H2,1H3,(H,19,21)/t16-/m1/s1. The van der Waals surface area contributed by atoms with Crippen LogP contribution in [0.15, 0.2) is 48.5 Å². The molecule has 1 heterocycles. The van der Waals surface area contributed by atoms with Gasteiger partial charge in [0.15, 0.2) is 0 Å². The molecule has 0 radical (unpaired) electrons. The molecule has 0 unspecified atom stereocenters. The molecular formula is C17H19N3O. The molecule has 21 heavy (non-hydrogen) atoms. The van der Waals surface area contributed by atoms with Gasteiger partial charge >= 0.3 is 6.03 Å². The molecule has 0 saturated carbocycles. The van der Waals surface area contributed by atoms with Crippen LogP contribution in [0.5, 0.6) is 0 Å². The number of aryl methyl sites for hydroxylation is 1. The number of hydrogen-bond acceptors (Lipinski definition) is 2. The van der Waals surface area contributed by atoms with Gasteiger partial charge in [0.05, 0.1) is 6.04 Å². The fraction of sp³-hybridized carbons (Fsp3) is 0.235. The van der Waals surface area contributed by atoms with Crippen LogP contribution in [0.2, 0.25) is 0 Å². The molecule has 0 spiro atoms. The monoisotopic (exact) mass is 281 g/mol. The number of amides is 2. The van der Waals surface area contributed by atoms with E-state index >= 15 is 0 Å². The fourth-order valence-electron chi connectivity index (χ4n) is 2.66. The van der Waals surface area contributed by atoms with E-state index in [9.17, 15) is 4.79 Å². The van der Waals surface area contributed by atoms with E-state index in [1.165, 1.54) is 0 Å². The average molecular weight is 281 g/mol. The molecule has 1 fully saturated rings. The summed E-state index contributed by atoms with van der Waals surface area (Å²) in [7, 11) is 0. The SMILES string of the molecule is Cc1cc(CN2C[C@H](c3ccccc3)NC2=O)ccc1N. The van der Waals surface area contributed by atoms with Gasteiger partial charge < -0.3 is 16.0 Å². The number of carbonyl (C=O) groups is 1. The number of carbonyl (C=O) groups excluding carboxylic acids is 1. The predicted octanol–water partition coefficient (Wildman–Crippen LogP) is 2.84. The molecule has 1 aliphatic heterocycles. The third-order valence-corrected chi connectivity index (χ3v) is 3.90. The Morgan fingerprint density at radius 2 is 2.00 bits per heavy atom. The van der Waals surface area contributed by atoms with Gasteiger partial charge in [-0.05, 0) is 29.7 Å². The van der Waals surface area contributed by atoms with Crippen LogP contribution in [-0.2, 0) is 6.54 Å². The summed E-state index contributed by atoms with van der Waals surface area (Å²) in [6.45, 7) is 3.28. The van der Waals surface area contributed by atoms with Crippen LogP contribution >= 0.6 is 0 Å². The Labute approximate surface area is 124 Å². The lowest BCUT2D eigenvalue weighted by atomic mass is 10.1. The first kappa shape index (κ1) is 13.5. The Morgan fingerprint density at radius 1 is 1.24 bits per heavy atom. The molecule has 3 rings (SSSR count). The molecule has 1 atom stereocenters. The zero-order chi connectivity index (χ0) is 14.8. The first-order chi connectivity index (χ1) is 10.1. The van der Waals surface area contributed by atoms with Gasteiger partial charge in [0.25, 0.3) is 0 Å². The van der Waals surface area contributed by atoms with Crippen LogP contribution in [-0.4, -0.2) is 17.5 Å². The molecule has 0 aliphatic carbocycles. The summed E-state index contributed by atoms with van der Waals surface area (Å²) in [5.41, 5.74) is 9.90. The van der Waals surface area contributed by atoms with Crippen molar-refractivity contribution in [3.8, 4) is 0 Å². The van der Waals surface area contributed by atoms with Gasteiger partial charge in [-0.25, -0.2) is 4.79 Å². The van der Waals surface area contributed by atoms with Crippen molar-refractivity contribution in [2.24, 2.45) is 0 Å². The zero-order valence-corrected chi connectivity index (χ0v) is 12.0. The molecule has 2 aromatic carbocycles. The van der Waals surface area contributed by atoms with Crippen LogP contribution < -0.4 is 11.1 Å². The van der Waals surface area contributed by atoms with Gasteiger partial charge in [-0.15, -0.1) is 0 Å². The van der Waals surface area contributed by atoms with Crippen molar-refractivity contribution in [1.29, 1.82) is 0 Å². The van der Waals surface area contributed by atoms with Gasteiger partial charge in [0, 0.05) is 18.8 Å². The number of nitrogens with zero attached hydrogens (tertiary/aromatic N) is 1. The minimum absolute atomic E-state index is 0.0154. The van der Waals surface area contributed by atoms with Crippen molar-refractivity contribution in [2.75, 3.05) is 12.3 Å². The first-order valence-corrected chi connectivity index (χ1v) is 7.09. The van der Waals surface area contributed by atoms with Gasteiger partial charge in [-0.3, -0.25) is 0 Å². The van der Waals surface area contributed by atoms with Gasteiger partial charge in [-0.1, -0.05) is 42.5 Å². The minimum Gasteiger partial charge on any atom is -0.399 e. The van der Waals surface area contributed by atoms with Crippen molar-refractivity contribution < 1.29 is 4.79 Å². The summed E-state index contributed by atoms with van der Waals surface area (Å²) in [5.74, 6) is 0. The van der Waals surface area contributed by atoms with Gasteiger partial charge in [-0.2, -0.15) is 0 Å². The van der Waals surface area contributed by atoms with E-state index in [1.807, 2.05) is 60.4 Å². The summed E-state index contributed by atoms with van der Waals surface area (Å²) in [5, 5.41) is 3.03. The highest BCUT2D eigenvalue weighted by atomic mass is 16.2. The van der Waals surface area contributed by atoms with Crippen molar-refractivity contribution in [2.45, 2.75) is 19.5 Å². The van der Waals surface area contributed by atoms with Gasteiger partial charge in [0.2, 0.25) is 0 Å². The topological polar surface area (TPSA) is 58.4 Å². The van der Waals surface area contributed by atoms with Crippen LogP contribution in [0.3, 0.4) is 0 Å². The molecule has 2 aromatic rings. The summed E-state index contributed by atoms with van der Waals surface area (Å²) in [6, 6.07) is 16.0. The highest BCUT2D eigenvalue weighted by molar-refractivity contribution is 5.77. The Hall–Kier alpha value is -2.49. The molecule has 1 saturated heterocycles. The second-order valence-electron chi connectivity index (χ2n) is 5.48. The molecule has 0 aromatic heterocycles. The molecule has 4 heteroatoms. The van der Waals surface area contributed by atoms with Crippen molar-refractivity contribution in [1.82, 2.24) is 10.2 Å². The van der Waals surface area contributed by atoms with Crippen LogP contribution in [0.25, 0.3) is 0 Å². The molecule has 1 aliphatic rings. The maximum atomic E-state index is 12.1. The second kappa shape index (κ2) is 5.48. The number of nitrogen functional groups attached to an aromatic ring is 1. The maximum Gasteiger partial charge on any atom is 0.318 e. The summed E-state index contributed by atoms with van der Waals surface area (Å²) in [6.07, 6.45) is 0. The quantitative estimate of drug-likeness (QED) is 0.850. The summed E-state index contributed by atoms with van der Waals surface area (Å²) < 4.78 is 0. The maximum absolute atomic E-state index is 12.1. The van der Waals surface area contributed by atoms with Crippen molar-refractivity contribution >= 4 is 11.7 Å². The van der Waals surface area contributed by atoms with Crippen LogP contribution in [0.4, 0.5) is 10.5 Å². The van der Waals surface area contributed by atoms with E-state index in [4.69, 9.17) is 5.73 Å². The number of nitrogens with two attached hydrogens (primary N) is 1. The molecule has 3 N–H and O–H groups in total. The van der Waals surface area contributed by atoms with Crippen LogP contribution in [0.1, 0.15) is 22.7 Å². The number of anilines is 1. The third-order valence-electron chi connectivity index (χ3n) is 3.90. The van der Waals surface area contributed by atoms with E-state index in [0.29, 0.717) is 13.1 Å². The highest BCUT2D eigenvalue weighted by Crippen LogP contribution is 2.22. The van der Waals surface area contributed by atoms with E-state index in [2.05, 4.69) is 5.32 Å². The van der Waals surface area contributed by atoms with E-state index in [0.717, 1.165) is 22.4 Å². The molecule has 0 bridgehead atoms. The van der Waals surface area contributed by atoms with E-state index in [-0.39, 0.29) is 12.1 Å².